The van der Waals surface area contributed by atoms with Gasteiger partial charge in [0.2, 0.25) is 5.91 Å². The van der Waals surface area contributed by atoms with E-state index in [0.29, 0.717) is 17.6 Å². The van der Waals surface area contributed by atoms with Gasteiger partial charge in [-0.3, -0.25) is 4.79 Å². The monoisotopic (exact) mass is 225 g/mol. The van der Waals surface area contributed by atoms with Gasteiger partial charge in [-0.05, 0) is 16.4 Å². The summed E-state index contributed by atoms with van der Waals surface area (Å²) in [7, 11) is 0. The molecule has 0 saturated carbocycles. The van der Waals surface area contributed by atoms with Crippen molar-refractivity contribution in [2.45, 2.75) is 6.54 Å². The molecule has 1 aromatic heterocycles. The lowest BCUT2D eigenvalue weighted by molar-refractivity contribution is -0.118. The van der Waals surface area contributed by atoms with E-state index in [1.165, 1.54) is 0 Å². The van der Waals surface area contributed by atoms with E-state index in [2.05, 4.69) is 20.3 Å². The van der Waals surface area contributed by atoms with E-state index in [4.69, 9.17) is 11.6 Å². The van der Waals surface area contributed by atoms with Crippen LogP contribution in [0.15, 0.2) is 22.8 Å². The molecule has 0 unspecified atom stereocenters. The zero-order valence-corrected chi connectivity index (χ0v) is 8.49. The molecule has 78 valence electrons. The molecule has 0 atom stereocenters. The van der Waals surface area contributed by atoms with Gasteiger partial charge in [-0.25, -0.2) is 4.63 Å². The Morgan fingerprint density at radius 2 is 2.33 bits per heavy atom. The predicted octanol–water partition coefficient (Wildman–Crippen LogP) is 1.08. The highest BCUT2D eigenvalue weighted by atomic mass is 35.5. The Hall–Kier alpha value is -1.62. The highest BCUT2D eigenvalue weighted by Gasteiger charge is 2.06. The summed E-state index contributed by atoms with van der Waals surface area (Å²) in [6.45, 7) is 0.372. The molecule has 0 aliphatic heterocycles. The summed E-state index contributed by atoms with van der Waals surface area (Å²) < 4.78 is 4.60. The fourth-order valence-electron chi connectivity index (χ4n) is 1.25. The predicted molar refractivity (Wildman–Crippen MR) is 54.4 cm³/mol. The van der Waals surface area contributed by atoms with E-state index in [-0.39, 0.29) is 11.8 Å². The van der Waals surface area contributed by atoms with Gasteiger partial charge in [-0.2, -0.15) is 0 Å². The molecule has 1 aromatic carbocycles. The number of nitrogens with zero attached hydrogens (tertiary/aromatic N) is 2. The summed E-state index contributed by atoms with van der Waals surface area (Å²) in [5.41, 5.74) is 2.19. The number of amides is 1. The normalized spacial score (nSPS) is 10.5. The SMILES string of the molecule is O=C(CCl)NCc1cccc2nonc12. The van der Waals surface area contributed by atoms with Crippen LogP contribution in [0.4, 0.5) is 0 Å². The van der Waals surface area contributed by atoms with E-state index >= 15 is 0 Å². The van der Waals surface area contributed by atoms with Crippen LogP contribution in [0.5, 0.6) is 0 Å². The maximum atomic E-state index is 11.0. The summed E-state index contributed by atoms with van der Waals surface area (Å²) >= 11 is 5.36. The van der Waals surface area contributed by atoms with Crippen LogP contribution in [0.25, 0.3) is 11.0 Å². The number of halogens is 1. The minimum absolute atomic E-state index is 0.0486. The number of carbonyl (C=O) groups excluding carboxylic acids is 1. The average Bonchev–Trinajstić information content (AvgIpc) is 2.74. The van der Waals surface area contributed by atoms with Crippen LogP contribution >= 0.6 is 11.6 Å². The summed E-state index contributed by atoms with van der Waals surface area (Å²) in [6, 6.07) is 5.47. The first kappa shape index (κ1) is 9.92. The van der Waals surface area contributed by atoms with Crippen molar-refractivity contribution in [3.63, 3.8) is 0 Å². The molecule has 1 N–H and O–H groups in total. The molecule has 0 aliphatic carbocycles. The molecule has 0 fully saturated rings. The molecule has 0 aliphatic rings. The maximum absolute atomic E-state index is 11.0. The largest absolute Gasteiger partial charge is 0.351 e. The second-order valence-corrected chi connectivity index (χ2v) is 3.23. The van der Waals surface area contributed by atoms with Gasteiger partial charge in [-0.1, -0.05) is 12.1 Å². The second-order valence-electron chi connectivity index (χ2n) is 2.96. The van der Waals surface area contributed by atoms with E-state index < -0.39 is 0 Å². The van der Waals surface area contributed by atoms with E-state index in [9.17, 15) is 4.79 Å². The Morgan fingerprint density at radius 3 is 3.13 bits per heavy atom. The van der Waals surface area contributed by atoms with Crippen LogP contribution in [0.1, 0.15) is 5.56 Å². The molecule has 6 heteroatoms. The Morgan fingerprint density at radius 1 is 1.47 bits per heavy atom. The quantitative estimate of drug-likeness (QED) is 0.794. The molecule has 1 heterocycles. The van der Waals surface area contributed by atoms with E-state index in [0.717, 1.165) is 5.56 Å². The van der Waals surface area contributed by atoms with Crippen molar-refractivity contribution >= 4 is 28.5 Å². The number of hydrogen-bond donors (Lipinski definition) is 1. The van der Waals surface area contributed by atoms with Gasteiger partial charge in [0.1, 0.15) is 16.9 Å². The number of aromatic nitrogens is 2. The van der Waals surface area contributed by atoms with Crippen molar-refractivity contribution in [3.05, 3.63) is 23.8 Å². The summed E-state index contributed by atoms with van der Waals surface area (Å²) in [5.74, 6) is -0.266. The molecule has 15 heavy (non-hydrogen) atoms. The van der Waals surface area contributed by atoms with Crippen LogP contribution in [0, 0.1) is 0 Å². The maximum Gasteiger partial charge on any atom is 0.235 e. The van der Waals surface area contributed by atoms with Crippen LogP contribution in [0.3, 0.4) is 0 Å². The van der Waals surface area contributed by atoms with Crippen LogP contribution in [0.2, 0.25) is 0 Å². The summed E-state index contributed by atoms with van der Waals surface area (Å²) in [6.07, 6.45) is 0. The van der Waals surface area contributed by atoms with E-state index in [1.54, 1.807) is 6.07 Å². The van der Waals surface area contributed by atoms with Gasteiger partial charge < -0.3 is 5.32 Å². The smallest absolute Gasteiger partial charge is 0.235 e. The minimum atomic E-state index is -0.217. The third-order valence-corrected chi connectivity index (χ3v) is 2.21. The van der Waals surface area contributed by atoms with Crippen LogP contribution in [-0.4, -0.2) is 22.1 Å². The molecular weight excluding hydrogens is 218 g/mol. The second kappa shape index (κ2) is 4.27. The third kappa shape index (κ3) is 2.07. The Bertz CT molecular complexity index is 483. The lowest BCUT2D eigenvalue weighted by Crippen LogP contribution is -2.23. The van der Waals surface area contributed by atoms with Gasteiger partial charge in [0.25, 0.3) is 0 Å². The number of fused-ring (bicyclic) bond motifs is 1. The zero-order chi connectivity index (χ0) is 10.7. The van der Waals surface area contributed by atoms with E-state index in [1.807, 2.05) is 12.1 Å². The van der Waals surface area contributed by atoms with Crippen LogP contribution < -0.4 is 5.32 Å². The van der Waals surface area contributed by atoms with Gasteiger partial charge in [0.05, 0.1) is 0 Å². The molecule has 5 nitrogen and oxygen atoms in total. The summed E-state index contributed by atoms with van der Waals surface area (Å²) in [5, 5.41) is 10.1. The number of benzene rings is 1. The van der Waals surface area contributed by atoms with Gasteiger partial charge in [0, 0.05) is 12.1 Å². The standard InChI is InChI=1S/C9H8ClN3O2/c10-4-8(14)11-5-6-2-1-3-7-9(6)13-15-12-7/h1-3H,4-5H2,(H,11,14). The first-order valence-corrected chi connectivity index (χ1v) is 4.87. The topological polar surface area (TPSA) is 68.0 Å². The summed E-state index contributed by atoms with van der Waals surface area (Å²) in [4.78, 5) is 11.0. The van der Waals surface area contributed by atoms with Crippen LogP contribution in [-0.2, 0) is 11.3 Å². The molecule has 2 rings (SSSR count). The highest BCUT2D eigenvalue weighted by Crippen LogP contribution is 2.13. The number of rotatable bonds is 3. The Kier molecular flexibility index (Phi) is 2.82. The highest BCUT2D eigenvalue weighted by molar-refractivity contribution is 6.27. The van der Waals surface area contributed by atoms with Gasteiger partial charge in [-0.15, -0.1) is 11.6 Å². The van der Waals surface area contributed by atoms with Crippen molar-refractivity contribution in [1.82, 2.24) is 15.6 Å². The molecule has 0 spiro atoms. The molecule has 0 radical (unpaired) electrons. The number of nitrogens with one attached hydrogen (secondary N) is 1. The first-order chi connectivity index (χ1) is 7.31. The number of hydrogen-bond acceptors (Lipinski definition) is 4. The Labute approximate surface area is 90.4 Å². The third-order valence-electron chi connectivity index (χ3n) is 1.97. The number of alkyl halides is 1. The molecular formula is C9H8ClN3O2. The molecule has 1 amide bonds. The average molecular weight is 226 g/mol. The Balaban J connectivity index is 2.20. The van der Waals surface area contributed by atoms with Crippen molar-refractivity contribution in [2.24, 2.45) is 0 Å². The lowest BCUT2D eigenvalue weighted by atomic mass is 10.2. The van der Waals surface area contributed by atoms with Crippen molar-refractivity contribution in [1.29, 1.82) is 0 Å². The number of carbonyl (C=O) groups is 1. The van der Waals surface area contributed by atoms with Crippen molar-refractivity contribution < 1.29 is 9.42 Å². The molecule has 2 aromatic rings. The first-order valence-electron chi connectivity index (χ1n) is 4.34. The zero-order valence-electron chi connectivity index (χ0n) is 7.74. The van der Waals surface area contributed by atoms with Crippen molar-refractivity contribution in [2.75, 3.05) is 5.88 Å². The molecule has 0 saturated heterocycles. The fourth-order valence-corrected chi connectivity index (χ4v) is 1.34. The fraction of sp³-hybridized carbons (Fsp3) is 0.222. The van der Waals surface area contributed by atoms with Gasteiger partial charge >= 0.3 is 0 Å². The lowest BCUT2D eigenvalue weighted by Gasteiger charge is -2.02. The minimum Gasteiger partial charge on any atom is -0.351 e. The molecule has 0 bridgehead atoms. The van der Waals surface area contributed by atoms with Gasteiger partial charge in [0.15, 0.2) is 0 Å². The van der Waals surface area contributed by atoms with Crippen molar-refractivity contribution in [3.8, 4) is 0 Å².